The summed E-state index contributed by atoms with van der Waals surface area (Å²) in [5, 5.41) is 15.0. The number of carbonyl (C=O) groups is 2. The van der Waals surface area contributed by atoms with Crippen LogP contribution in [0.5, 0.6) is 5.75 Å². The molecule has 0 aromatic heterocycles. The van der Waals surface area contributed by atoms with Gasteiger partial charge in [0, 0.05) is 34.8 Å². The fourth-order valence-corrected chi connectivity index (χ4v) is 6.34. The summed E-state index contributed by atoms with van der Waals surface area (Å²) in [6.45, 7) is 4.62. The van der Waals surface area contributed by atoms with Crippen molar-refractivity contribution in [1.82, 2.24) is 10.2 Å². The van der Waals surface area contributed by atoms with Crippen molar-refractivity contribution in [3.63, 3.8) is 0 Å². The minimum Gasteiger partial charge on any atom is -0.495 e. The number of methoxy groups -OCH3 is 1. The van der Waals surface area contributed by atoms with Gasteiger partial charge in [0.05, 0.1) is 22.6 Å². The van der Waals surface area contributed by atoms with Crippen LogP contribution in [0.25, 0.3) is 0 Å². The molecule has 0 fully saturated rings. The molecule has 0 spiro atoms. The third-order valence-electron chi connectivity index (χ3n) is 6.89. The van der Waals surface area contributed by atoms with E-state index in [0.29, 0.717) is 23.6 Å². The number of aryl methyl sites for hydroxylation is 1. The number of nitrogens with zero attached hydrogens (tertiary/aromatic N) is 3. The Morgan fingerprint density at radius 3 is 2.39 bits per heavy atom. The Kier molecular flexibility index (Phi) is 12.0. The first-order chi connectivity index (χ1) is 20.8. The molecule has 236 valence electrons. The zero-order valence-corrected chi connectivity index (χ0v) is 27.1. The molecule has 1 N–H and O–H groups in total. The van der Waals surface area contributed by atoms with Crippen molar-refractivity contribution in [1.29, 1.82) is 0 Å². The fraction of sp³-hybridized carbons (Fsp3) is 0.333. The van der Waals surface area contributed by atoms with E-state index in [-0.39, 0.29) is 35.0 Å². The molecule has 3 aromatic carbocycles. The number of hydrogen-bond donors (Lipinski definition) is 1. The Hall–Kier alpha value is -3.87. The normalized spacial score (nSPS) is 11.9. The van der Waals surface area contributed by atoms with Crippen LogP contribution in [-0.4, -0.2) is 56.3 Å². The zero-order chi connectivity index (χ0) is 32.6. The van der Waals surface area contributed by atoms with Gasteiger partial charge in [0.2, 0.25) is 11.8 Å². The van der Waals surface area contributed by atoms with Crippen molar-refractivity contribution in [3.05, 3.63) is 92.0 Å². The average molecular weight is 666 g/mol. The summed E-state index contributed by atoms with van der Waals surface area (Å²) in [6, 6.07) is 13.6. The first kappa shape index (κ1) is 34.6. The van der Waals surface area contributed by atoms with Crippen LogP contribution >= 0.6 is 23.2 Å². The van der Waals surface area contributed by atoms with E-state index in [0.717, 1.165) is 10.4 Å². The van der Waals surface area contributed by atoms with Gasteiger partial charge in [-0.3, -0.25) is 24.0 Å². The van der Waals surface area contributed by atoms with E-state index in [9.17, 15) is 28.1 Å². The minimum atomic E-state index is -4.64. The molecule has 0 aliphatic heterocycles. The summed E-state index contributed by atoms with van der Waals surface area (Å²) in [5.41, 5.74) is 0.326. The number of sulfonamides is 1. The molecule has 0 radical (unpaired) electrons. The van der Waals surface area contributed by atoms with E-state index >= 15 is 0 Å². The number of ether oxygens (including phenoxy) is 1. The van der Waals surface area contributed by atoms with Gasteiger partial charge in [-0.2, -0.15) is 0 Å². The fourth-order valence-electron chi connectivity index (χ4n) is 4.54. The Balaban J connectivity index is 2.19. The lowest BCUT2D eigenvalue weighted by molar-refractivity contribution is -0.385. The van der Waals surface area contributed by atoms with E-state index < -0.39 is 49.9 Å². The second-order valence-electron chi connectivity index (χ2n) is 9.86. The number of halogens is 2. The number of hydrogen-bond acceptors (Lipinski definition) is 7. The van der Waals surface area contributed by atoms with Gasteiger partial charge in [-0.15, -0.1) is 0 Å². The highest BCUT2D eigenvalue weighted by Crippen LogP contribution is 2.36. The molecule has 0 aliphatic rings. The monoisotopic (exact) mass is 664 g/mol. The molecule has 0 bridgehead atoms. The Labute approximate surface area is 266 Å². The topological polar surface area (TPSA) is 139 Å². The third-order valence-corrected chi connectivity index (χ3v) is 9.25. The number of nitrogens with one attached hydrogen (secondary N) is 1. The molecule has 44 heavy (non-hydrogen) atoms. The van der Waals surface area contributed by atoms with E-state index in [1.807, 2.05) is 6.92 Å². The minimum absolute atomic E-state index is 0.0715. The van der Waals surface area contributed by atoms with Crippen LogP contribution in [0, 0.1) is 17.0 Å². The molecule has 0 saturated heterocycles. The molecule has 2 amide bonds. The third kappa shape index (κ3) is 7.99. The Bertz CT molecular complexity index is 1640. The van der Waals surface area contributed by atoms with E-state index in [2.05, 4.69) is 5.32 Å². The highest BCUT2D eigenvalue weighted by molar-refractivity contribution is 7.92. The van der Waals surface area contributed by atoms with E-state index in [1.54, 1.807) is 31.2 Å². The van der Waals surface area contributed by atoms with Crippen molar-refractivity contribution >= 4 is 56.4 Å². The maximum Gasteiger partial charge on any atom is 0.273 e. The van der Waals surface area contributed by atoms with Crippen molar-refractivity contribution in [2.75, 3.05) is 24.5 Å². The predicted octanol–water partition coefficient (Wildman–Crippen LogP) is 5.75. The summed E-state index contributed by atoms with van der Waals surface area (Å²) in [5.74, 6) is -1.05. The summed E-state index contributed by atoms with van der Waals surface area (Å²) in [7, 11) is -3.31. The molecule has 1 atom stereocenters. The standard InChI is InChI=1S/C30H34Cl2N4O7S/c1-5-15-33-30(38)25(6-2)34(18-21-9-7-8-10-24(21)32)29(37)19-35(27-16-22(31)12-14-28(27)43-4)44(41,42)23-13-11-20(3)26(17-23)36(39)40/h7-14,16-17,25H,5-6,15,18-19H2,1-4H3,(H,33,38)/t25-/m1/s1. The number of anilines is 1. The Morgan fingerprint density at radius 2 is 1.77 bits per heavy atom. The van der Waals surface area contributed by atoms with Gasteiger partial charge in [-0.1, -0.05) is 61.3 Å². The van der Waals surface area contributed by atoms with Crippen molar-refractivity contribution in [3.8, 4) is 5.75 Å². The van der Waals surface area contributed by atoms with Gasteiger partial charge in [0.1, 0.15) is 18.3 Å². The number of nitro groups is 1. The van der Waals surface area contributed by atoms with Crippen LogP contribution in [0.3, 0.4) is 0 Å². The first-order valence-electron chi connectivity index (χ1n) is 13.8. The maximum absolute atomic E-state index is 14.2. The van der Waals surface area contributed by atoms with Crippen molar-refractivity contribution < 1.29 is 27.7 Å². The lowest BCUT2D eigenvalue weighted by Crippen LogP contribution is -2.52. The average Bonchev–Trinajstić information content (AvgIpc) is 2.99. The Morgan fingerprint density at radius 1 is 1.07 bits per heavy atom. The van der Waals surface area contributed by atoms with Crippen LogP contribution in [-0.2, 0) is 26.2 Å². The highest BCUT2D eigenvalue weighted by Gasteiger charge is 2.35. The molecule has 0 heterocycles. The summed E-state index contributed by atoms with van der Waals surface area (Å²) < 4.78 is 34.6. The SMILES string of the molecule is CCCNC(=O)[C@@H](CC)N(Cc1ccccc1Cl)C(=O)CN(c1cc(Cl)ccc1OC)S(=O)(=O)c1ccc(C)c([N+](=O)[O-])c1. The van der Waals surface area contributed by atoms with Crippen LogP contribution < -0.4 is 14.4 Å². The highest BCUT2D eigenvalue weighted by atomic mass is 35.5. The van der Waals surface area contributed by atoms with E-state index in [1.165, 1.54) is 49.3 Å². The number of rotatable bonds is 14. The summed E-state index contributed by atoms with van der Waals surface area (Å²) in [4.78, 5) is 39.3. The van der Waals surface area contributed by atoms with Crippen LogP contribution in [0.15, 0.2) is 65.6 Å². The van der Waals surface area contributed by atoms with Crippen molar-refractivity contribution in [2.45, 2.75) is 51.1 Å². The molecule has 0 saturated carbocycles. The van der Waals surface area contributed by atoms with Crippen LogP contribution in [0.4, 0.5) is 11.4 Å². The number of amides is 2. The summed E-state index contributed by atoms with van der Waals surface area (Å²) in [6.07, 6.45) is 0.896. The van der Waals surface area contributed by atoms with Crippen LogP contribution in [0.2, 0.25) is 10.0 Å². The largest absolute Gasteiger partial charge is 0.495 e. The molecule has 3 aromatic rings. The second kappa shape index (κ2) is 15.2. The molecule has 3 rings (SSSR count). The number of benzene rings is 3. The first-order valence-corrected chi connectivity index (χ1v) is 16.0. The number of nitro benzene ring substituents is 1. The molecule has 0 aliphatic carbocycles. The molecular formula is C30H34Cl2N4O7S. The van der Waals surface area contributed by atoms with Gasteiger partial charge in [-0.05, 0) is 55.7 Å². The summed E-state index contributed by atoms with van der Waals surface area (Å²) >= 11 is 12.7. The molecule has 14 heteroatoms. The predicted molar refractivity (Wildman–Crippen MR) is 170 cm³/mol. The van der Waals surface area contributed by atoms with Gasteiger partial charge in [0.25, 0.3) is 15.7 Å². The number of carbonyl (C=O) groups excluding carboxylic acids is 2. The van der Waals surface area contributed by atoms with Gasteiger partial charge in [0.15, 0.2) is 0 Å². The molecular weight excluding hydrogens is 631 g/mol. The lowest BCUT2D eigenvalue weighted by Gasteiger charge is -2.33. The van der Waals surface area contributed by atoms with Gasteiger partial charge < -0.3 is 15.0 Å². The van der Waals surface area contributed by atoms with E-state index in [4.69, 9.17) is 27.9 Å². The molecule has 0 unspecified atom stereocenters. The van der Waals surface area contributed by atoms with Gasteiger partial charge in [-0.25, -0.2) is 8.42 Å². The lowest BCUT2D eigenvalue weighted by atomic mass is 10.1. The van der Waals surface area contributed by atoms with Crippen LogP contribution in [0.1, 0.15) is 37.8 Å². The smallest absolute Gasteiger partial charge is 0.273 e. The quantitative estimate of drug-likeness (QED) is 0.171. The zero-order valence-electron chi connectivity index (χ0n) is 24.7. The van der Waals surface area contributed by atoms with Gasteiger partial charge >= 0.3 is 0 Å². The van der Waals surface area contributed by atoms with Crippen molar-refractivity contribution in [2.24, 2.45) is 0 Å². The maximum atomic E-state index is 14.2. The second-order valence-corrected chi connectivity index (χ2v) is 12.6. The molecule has 11 nitrogen and oxygen atoms in total.